The summed E-state index contributed by atoms with van der Waals surface area (Å²) < 4.78 is 1.83. The van der Waals surface area contributed by atoms with Crippen LogP contribution in [0.1, 0.15) is 41.5 Å². The van der Waals surface area contributed by atoms with Crippen LogP contribution in [0.2, 0.25) is 0 Å². The number of aryl methyl sites for hydroxylation is 2. The third-order valence-electron chi connectivity index (χ3n) is 3.55. The van der Waals surface area contributed by atoms with Gasteiger partial charge in [0.05, 0.1) is 11.4 Å². The zero-order valence-electron chi connectivity index (χ0n) is 13.5. The van der Waals surface area contributed by atoms with E-state index in [1.54, 1.807) is 19.1 Å². The Balaban J connectivity index is 2.03. The summed E-state index contributed by atoms with van der Waals surface area (Å²) in [6.07, 6.45) is 0.448. The predicted molar refractivity (Wildman–Crippen MR) is 86.8 cm³/mol. The number of carboxylic acids is 1. The summed E-state index contributed by atoms with van der Waals surface area (Å²) in [5.41, 5.74) is 3.40. The molecule has 2 N–H and O–H groups in total. The quantitative estimate of drug-likeness (QED) is 0.857. The van der Waals surface area contributed by atoms with Crippen molar-refractivity contribution in [2.24, 2.45) is 0 Å². The number of rotatable bonds is 6. The van der Waals surface area contributed by atoms with Crippen LogP contribution in [0.4, 0.5) is 0 Å². The maximum Gasteiger partial charge on any atom is 0.303 e. The Bertz CT molecular complexity index is 704. The first-order valence-corrected chi connectivity index (χ1v) is 7.53. The zero-order chi connectivity index (χ0) is 17.0. The molecule has 0 saturated carbocycles. The van der Waals surface area contributed by atoms with Crippen LogP contribution >= 0.6 is 0 Å². The van der Waals surface area contributed by atoms with Gasteiger partial charge in [-0.15, -0.1) is 0 Å². The van der Waals surface area contributed by atoms with Crippen molar-refractivity contribution in [2.75, 3.05) is 0 Å². The lowest BCUT2D eigenvalue weighted by Crippen LogP contribution is -2.32. The molecule has 2 rings (SSSR count). The molecule has 0 saturated heterocycles. The van der Waals surface area contributed by atoms with Crippen molar-refractivity contribution < 1.29 is 14.7 Å². The summed E-state index contributed by atoms with van der Waals surface area (Å²) >= 11 is 0. The average Bonchev–Trinajstić information content (AvgIpc) is 2.84. The number of nitrogens with one attached hydrogen (secondary N) is 1. The molecular weight excluding hydrogens is 294 g/mol. The fourth-order valence-corrected chi connectivity index (χ4v) is 2.36. The van der Waals surface area contributed by atoms with Crippen LogP contribution in [-0.4, -0.2) is 32.8 Å². The van der Waals surface area contributed by atoms with E-state index in [1.807, 2.05) is 36.7 Å². The lowest BCUT2D eigenvalue weighted by molar-refractivity contribution is -0.137. The van der Waals surface area contributed by atoms with Crippen molar-refractivity contribution in [3.8, 4) is 5.69 Å². The van der Waals surface area contributed by atoms with Gasteiger partial charge < -0.3 is 10.4 Å². The van der Waals surface area contributed by atoms with Crippen molar-refractivity contribution in [1.82, 2.24) is 15.1 Å². The molecule has 0 bridgehead atoms. The van der Waals surface area contributed by atoms with Gasteiger partial charge in [-0.2, -0.15) is 5.10 Å². The van der Waals surface area contributed by atoms with Gasteiger partial charge in [0, 0.05) is 23.7 Å². The van der Waals surface area contributed by atoms with Crippen LogP contribution in [0, 0.1) is 13.8 Å². The third kappa shape index (κ3) is 4.42. The van der Waals surface area contributed by atoms with Gasteiger partial charge in [-0.1, -0.05) is 0 Å². The second-order valence-electron chi connectivity index (χ2n) is 5.69. The van der Waals surface area contributed by atoms with Crippen LogP contribution in [-0.2, 0) is 4.79 Å². The molecule has 0 aliphatic carbocycles. The number of benzene rings is 1. The topological polar surface area (TPSA) is 84.2 Å². The van der Waals surface area contributed by atoms with E-state index >= 15 is 0 Å². The molecule has 1 heterocycles. The minimum Gasteiger partial charge on any atom is -0.481 e. The van der Waals surface area contributed by atoms with Crippen LogP contribution in [0.25, 0.3) is 5.69 Å². The molecule has 1 aromatic carbocycles. The highest BCUT2D eigenvalue weighted by Gasteiger charge is 2.12. The Hall–Kier alpha value is -2.63. The number of amides is 1. The zero-order valence-corrected chi connectivity index (χ0v) is 13.5. The molecule has 23 heavy (non-hydrogen) atoms. The highest BCUT2D eigenvalue weighted by molar-refractivity contribution is 5.94. The molecule has 0 radical (unpaired) electrons. The first-order chi connectivity index (χ1) is 10.9. The van der Waals surface area contributed by atoms with Gasteiger partial charge in [0.15, 0.2) is 0 Å². The molecule has 1 amide bonds. The molecule has 0 aliphatic heterocycles. The summed E-state index contributed by atoms with van der Waals surface area (Å²) in [4.78, 5) is 22.7. The summed E-state index contributed by atoms with van der Waals surface area (Å²) in [6.45, 7) is 5.71. The number of nitrogens with zero attached hydrogens (tertiary/aromatic N) is 2. The van der Waals surface area contributed by atoms with Crippen molar-refractivity contribution in [1.29, 1.82) is 0 Å². The third-order valence-corrected chi connectivity index (χ3v) is 3.55. The normalized spacial score (nSPS) is 12.0. The molecule has 1 atom stereocenters. The highest BCUT2D eigenvalue weighted by atomic mass is 16.4. The van der Waals surface area contributed by atoms with Crippen molar-refractivity contribution in [3.63, 3.8) is 0 Å². The van der Waals surface area contributed by atoms with E-state index in [-0.39, 0.29) is 18.4 Å². The molecule has 6 nitrogen and oxygen atoms in total. The maximum absolute atomic E-state index is 12.1. The van der Waals surface area contributed by atoms with E-state index in [4.69, 9.17) is 5.11 Å². The first kappa shape index (κ1) is 16.7. The first-order valence-electron chi connectivity index (χ1n) is 7.53. The van der Waals surface area contributed by atoms with Crippen molar-refractivity contribution in [2.45, 2.75) is 39.7 Å². The average molecular weight is 315 g/mol. The second kappa shape index (κ2) is 7.09. The molecule has 0 aliphatic rings. The minimum atomic E-state index is -0.861. The molecule has 0 spiro atoms. The summed E-state index contributed by atoms with van der Waals surface area (Å²) in [7, 11) is 0. The smallest absolute Gasteiger partial charge is 0.303 e. The maximum atomic E-state index is 12.1. The van der Waals surface area contributed by atoms with E-state index in [2.05, 4.69) is 10.4 Å². The summed E-state index contributed by atoms with van der Waals surface area (Å²) in [5.74, 6) is -1.07. The van der Waals surface area contributed by atoms with Crippen LogP contribution < -0.4 is 5.32 Å². The van der Waals surface area contributed by atoms with Gasteiger partial charge in [-0.3, -0.25) is 9.59 Å². The number of carboxylic acid groups (broad SMARTS) is 1. The molecular formula is C17H21N3O3. The summed E-state index contributed by atoms with van der Waals surface area (Å²) in [6, 6.07) is 8.97. The largest absolute Gasteiger partial charge is 0.481 e. The number of carbonyl (C=O) groups excluding carboxylic acids is 1. The SMILES string of the molecule is Cc1cc(C)n(-c2ccc(C(=O)N[C@H](C)CCC(=O)O)cc2)n1. The number of hydrogen-bond donors (Lipinski definition) is 2. The van der Waals surface area contributed by atoms with E-state index in [0.29, 0.717) is 12.0 Å². The second-order valence-corrected chi connectivity index (χ2v) is 5.69. The van der Waals surface area contributed by atoms with E-state index in [1.165, 1.54) is 0 Å². The Morgan fingerprint density at radius 3 is 2.43 bits per heavy atom. The number of hydrogen-bond acceptors (Lipinski definition) is 3. The highest BCUT2D eigenvalue weighted by Crippen LogP contribution is 2.13. The van der Waals surface area contributed by atoms with Crippen LogP contribution in [0.5, 0.6) is 0 Å². The van der Waals surface area contributed by atoms with E-state index in [0.717, 1.165) is 17.1 Å². The molecule has 1 aromatic heterocycles. The monoisotopic (exact) mass is 315 g/mol. The van der Waals surface area contributed by atoms with Crippen LogP contribution in [0.3, 0.4) is 0 Å². The lowest BCUT2D eigenvalue weighted by atomic mass is 10.1. The standard InChI is InChI=1S/C17H21N3O3/c1-11(4-9-16(21)22)18-17(23)14-5-7-15(8-6-14)20-13(3)10-12(2)19-20/h5-8,10-11H,4,9H2,1-3H3,(H,18,23)(H,21,22)/t11-/m1/s1. The predicted octanol–water partition coefficient (Wildman–Crippen LogP) is 2.47. The van der Waals surface area contributed by atoms with Gasteiger partial charge >= 0.3 is 5.97 Å². The van der Waals surface area contributed by atoms with Crippen molar-refractivity contribution >= 4 is 11.9 Å². The van der Waals surface area contributed by atoms with Gasteiger partial charge in [-0.25, -0.2) is 4.68 Å². The molecule has 122 valence electrons. The molecule has 0 unspecified atom stereocenters. The number of aromatic nitrogens is 2. The van der Waals surface area contributed by atoms with Gasteiger partial charge in [0.2, 0.25) is 0 Å². The van der Waals surface area contributed by atoms with E-state index < -0.39 is 5.97 Å². The van der Waals surface area contributed by atoms with Crippen molar-refractivity contribution in [3.05, 3.63) is 47.3 Å². The molecule has 0 fully saturated rings. The van der Waals surface area contributed by atoms with Crippen LogP contribution in [0.15, 0.2) is 30.3 Å². The molecule has 2 aromatic rings. The Morgan fingerprint density at radius 2 is 1.91 bits per heavy atom. The van der Waals surface area contributed by atoms with Gasteiger partial charge in [0.1, 0.15) is 0 Å². The van der Waals surface area contributed by atoms with Gasteiger partial charge in [-0.05, 0) is 57.5 Å². The summed E-state index contributed by atoms with van der Waals surface area (Å²) in [5, 5.41) is 15.9. The Morgan fingerprint density at radius 1 is 1.26 bits per heavy atom. The number of carbonyl (C=O) groups is 2. The molecule has 6 heteroatoms. The van der Waals surface area contributed by atoms with E-state index in [9.17, 15) is 9.59 Å². The number of aliphatic carboxylic acids is 1. The fourth-order valence-electron chi connectivity index (χ4n) is 2.36. The minimum absolute atomic E-state index is 0.0400. The Kier molecular flexibility index (Phi) is 5.16. The Labute approximate surface area is 135 Å². The van der Waals surface area contributed by atoms with Gasteiger partial charge in [0.25, 0.3) is 5.91 Å². The lowest BCUT2D eigenvalue weighted by Gasteiger charge is -2.13. The fraction of sp³-hybridized carbons (Fsp3) is 0.353.